The van der Waals surface area contributed by atoms with Gasteiger partial charge in [-0.15, -0.1) is 11.3 Å². The molecule has 3 nitrogen and oxygen atoms in total. The summed E-state index contributed by atoms with van der Waals surface area (Å²) in [5, 5.41) is 0. The van der Waals surface area contributed by atoms with E-state index in [2.05, 4.69) is 9.97 Å². The highest BCUT2D eigenvalue weighted by atomic mass is 32.1. The second-order valence-electron chi connectivity index (χ2n) is 3.94. The Morgan fingerprint density at radius 1 is 0.947 bits per heavy atom. The van der Waals surface area contributed by atoms with Crippen LogP contribution in [0.2, 0.25) is 0 Å². The van der Waals surface area contributed by atoms with E-state index >= 15 is 0 Å². The summed E-state index contributed by atoms with van der Waals surface area (Å²) in [4.78, 5) is 10.9. The molecule has 3 rings (SSSR count). The van der Waals surface area contributed by atoms with E-state index in [9.17, 15) is 0 Å². The van der Waals surface area contributed by atoms with E-state index in [1.165, 1.54) is 0 Å². The van der Waals surface area contributed by atoms with Crippen molar-refractivity contribution in [3.05, 3.63) is 54.9 Å². The number of pyridine rings is 2. The van der Waals surface area contributed by atoms with Crippen LogP contribution in [0.15, 0.2) is 54.9 Å². The van der Waals surface area contributed by atoms with E-state index < -0.39 is 0 Å². The van der Waals surface area contributed by atoms with Crippen LogP contribution in [0.4, 0.5) is 0 Å². The highest BCUT2D eigenvalue weighted by Gasteiger charge is 2.14. The number of nitrogens with zero attached hydrogens (tertiary/aromatic N) is 2. The molecule has 94 valence electrons. The fraction of sp³-hybridized carbons (Fsp3) is 0.0667. The van der Waals surface area contributed by atoms with Gasteiger partial charge in [0.15, 0.2) is 0 Å². The summed E-state index contributed by atoms with van der Waals surface area (Å²) in [5.41, 5.74) is 1.87. The second-order valence-corrected chi connectivity index (χ2v) is 4.99. The molecule has 0 aliphatic rings. The van der Waals surface area contributed by atoms with E-state index in [0.717, 1.165) is 26.9 Å². The number of hydrogen-bond donors (Lipinski definition) is 0. The van der Waals surface area contributed by atoms with Gasteiger partial charge in [-0.2, -0.15) is 0 Å². The van der Waals surface area contributed by atoms with Gasteiger partial charge in [-0.3, -0.25) is 9.97 Å². The van der Waals surface area contributed by atoms with E-state index in [1.54, 1.807) is 30.8 Å². The molecule has 0 atom stereocenters. The van der Waals surface area contributed by atoms with Crippen LogP contribution in [0.5, 0.6) is 5.75 Å². The zero-order valence-corrected chi connectivity index (χ0v) is 11.2. The van der Waals surface area contributed by atoms with Crippen molar-refractivity contribution in [2.45, 2.75) is 0 Å². The maximum Gasteiger partial charge on any atom is 0.139 e. The maximum atomic E-state index is 5.44. The fourth-order valence-corrected chi connectivity index (χ4v) is 2.92. The zero-order chi connectivity index (χ0) is 13.1. The molecule has 0 saturated heterocycles. The summed E-state index contributed by atoms with van der Waals surface area (Å²) in [5.74, 6) is 0.837. The first-order chi connectivity index (χ1) is 9.38. The fourth-order valence-electron chi connectivity index (χ4n) is 1.84. The molecule has 0 bridgehead atoms. The first-order valence-electron chi connectivity index (χ1n) is 5.89. The molecule has 0 aliphatic heterocycles. The number of rotatable bonds is 3. The third-order valence-corrected chi connectivity index (χ3v) is 3.89. The molecular weight excluding hydrogens is 256 g/mol. The monoisotopic (exact) mass is 268 g/mol. The van der Waals surface area contributed by atoms with Gasteiger partial charge in [-0.1, -0.05) is 12.1 Å². The number of thiophene rings is 1. The number of ether oxygens (including phenoxy) is 1. The topological polar surface area (TPSA) is 35.0 Å². The van der Waals surface area contributed by atoms with Crippen molar-refractivity contribution in [3.63, 3.8) is 0 Å². The molecule has 0 fully saturated rings. The summed E-state index contributed by atoms with van der Waals surface area (Å²) in [6.45, 7) is 0. The number of hydrogen-bond acceptors (Lipinski definition) is 4. The minimum atomic E-state index is 0.837. The largest absolute Gasteiger partial charge is 0.495 e. The van der Waals surface area contributed by atoms with Gasteiger partial charge in [-0.25, -0.2) is 0 Å². The predicted molar refractivity (Wildman–Crippen MR) is 77.3 cm³/mol. The van der Waals surface area contributed by atoms with Crippen LogP contribution in [-0.2, 0) is 0 Å². The van der Waals surface area contributed by atoms with E-state index in [-0.39, 0.29) is 0 Å². The molecule has 0 N–H and O–H groups in total. The summed E-state index contributed by atoms with van der Waals surface area (Å²) in [7, 11) is 1.68. The lowest BCUT2D eigenvalue weighted by Crippen LogP contribution is -1.84. The molecule has 3 aromatic heterocycles. The Morgan fingerprint density at radius 2 is 1.63 bits per heavy atom. The summed E-state index contributed by atoms with van der Waals surface area (Å²) in [6.07, 6.45) is 3.58. The molecule has 0 radical (unpaired) electrons. The van der Waals surface area contributed by atoms with Gasteiger partial charge in [0.1, 0.15) is 5.75 Å². The molecular formula is C15H12N2OS. The smallest absolute Gasteiger partial charge is 0.139 e. The van der Waals surface area contributed by atoms with Crippen molar-refractivity contribution in [2.24, 2.45) is 0 Å². The zero-order valence-electron chi connectivity index (χ0n) is 10.4. The van der Waals surface area contributed by atoms with E-state index in [0.29, 0.717) is 0 Å². The molecule has 3 heterocycles. The van der Waals surface area contributed by atoms with Gasteiger partial charge in [0.2, 0.25) is 0 Å². The Hall–Kier alpha value is -2.20. The Balaban J connectivity index is 2.09. The summed E-state index contributed by atoms with van der Waals surface area (Å²) in [6, 6.07) is 13.8. The average Bonchev–Trinajstić information content (AvgIpc) is 2.93. The van der Waals surface area contributed by atoms with Crippen LogP contribution < -0.4 is 4.74 Å². The Kier molecular flexibility index (Phi) is 3.25. The van der Waals surface area contributed by atoms with Crippen molar-refractivity contribution >= 4 is 11.3 Å². The normalized spacial score (nSPS) is 10.4. The summed E-state index contributed by atoms with van der Waals surface area (Å²) < 4.78 is 5.44. The molecule has 19 heavy (non-hydrogen) atoms. The highest BCUT2D eigenvalue weighted by molar-refractivity contribution is 7.19. The van der Waals surface area contributed by atoms with Crippen LogP contribution >= 0.6 is 11.3 Å². The molecule has 0 saturated carbocycles. The minimum Gasteiger partial charge on any atom is -0.495 e. The second kappa shape index (κ2) is 5.20. The molecule has 0 unspecified atom stereocenters. The van der Waals surface area contributed by atoms with Crippen LogP contribution in [0.25, 0.3) is 21.1 Å². The van der Waals surface area contributed by atoms with Crippen molar-refractivity contribution in [1.29, 1.82) is 0 Å². The Bertz CT molecular complexity index is 665. The first-order valence-corrected chi connectivity index (χ1v) is 6.71. The first kappa shape index (κ1) is 11.9. The standard InChI is InChI=1S/C15H12N2OS/c1-18-13-10-14(11-6-2-4-8-16-11)19-15(13)12-7-3-5-9-17-12/h2-10H,1H3. The van der Waals surface area contributed by atoms with E-state index in [4.69, 9.17) is 4.74 Å². The number of aromatic nitrogens is 2. The van der Waals surface area contributed by atoms with Crippen LogP contribution in [0.3, 0.4) is 0 Å². The number of methoxy groups -OCH3 is 1. The van der Waals surface area contributed by atoms with Gasteiger partial charge in [0, 0.05) is 18.5 Å². The Morgan fingerprint density at radius 3 is 2.21 bits per heavy atom. The molecule has 0 aromatic carbocycles. The molecule has 4 heteroatoms. The lowest BCUT2D eigenvalue weighted by Gasteiger charge is -2.00. The van der Waals surface area contributed by atoms with Crippen LogP contribution in [0.1, 0.15) is 0 Å². The van der Waals surface area contributed by atoms with Crippen molar-refractivity contribution in [2.75, 3.05) is 7.11 Å². The highest BCUT2D eigenvalue weighted by Crippen LogP contribution is 2.41. The van der Waals surface area contributed by atoms with Gasteiger partial charge in [0.25, 0.3) is 0 Å². The van der Waals surface area contributed by atoms with Crippen molar-refractivity contribution < 1.29 is 4.74 Å². The van der Waals surface area contributed by atoms with Crippen LogP contribution in [-0.4, -0.2) is 17.1 Å². The van der Waals surface area contributed by atoms with Gasteiger partial charge < -0.3 is 4.74 Å². The quantitative estimate of drug-likeness (QED) is 0.723. The summed E-state index contributed by atoms with van der Waals surface area (Å²) >= 11 is 1.64. The van der Waals surface area contributed by atoms with Gasteiger partial charge in [0.05, 0.1) is 28.3 Å². The lowest BCUT2D eigenvalue weighted by atomic mass is 10.2. The van der Waals surface area contributed by atoms with Gasteiger partial charge in [-0.05, 0) is 24.3 Å². The molecule has 0 amide bonds. The maximum absolute atomic E-state index is 5.44. The third-order valence-electron chi connectivity index (χ3n) is 2.73. The van der Waals surface area contributed by atoms with Gasteiger partial charge >= 0.3 is 0 Å². The molecule has 0 aliphatic carbocycles. The third kappa shape index (κ3) is 2.35. The molecule has 3 aromatic rings. The lowest BCUT2D eigenvalue weighted by molar-refractivity contribution is 0.418. The molecule has 0 spiro atoms. The van der Waals surface area contributed by atoms with E-state index in [1.807, 2.05) is 42.5 Å². The predicted octanol–water partition coefficient (Wildman–Crippen LogP) is 3.88. The van der Waals surface area contributed by atoms with Crippen molar-refractivity contribution in [3.8, 4) is 26.9 Å². The van der Waals surface area contributed by atoms with Crippen LogP contribution in [0, 0.1) is 0 Å². The SMILES string of the molecule is COc1cc(-c2ccccn2)sc1-c1ccccn1. The van der Waals surface area contributed by atoms with Crippen molar-refractivity contribution in [1.82, 2.24) is 9.97 Å². The Labute approximate surface area is 115 Å². The minimum absolute atomic E-state index is 0.837. The average molecular weight is 268 g/mol.